The van der Waals surface area contributed by atoms with Crippen molar-refractivity contribution in [2.45, 2.75) is 71.5 Å². The number of nitrogens with two attached hydrogens (primary N) is 1. The Morgan fingerprint density at radius 2 is 1.76 bits per heavy atom. The minimum atomic E-state index is 0.499. The van der Waals surface area contributed by atoms with Crippen LogP contribution in [0.25, 0.3) is 0 Å². The van der Waals surface area contributed by atoms with Gasteiger partial charge >= 0.3 is 0 Å². The summed E-state index contributed by atoms with van der Waals surface area (Å²) in [5, 5.41) is 4.09. The molecular weight excluding hydrogens is 306 g/mol. The van der Waals surface area contributed by atoms with Crippen LogP contribution >= 0.6 is 0 Å². The molecule has 0 radical (unpaired) electrons. The number of fused-ring (bicyclic) bond motifs is 2. The Labute approximate surface area is 153 Å². The minimum Gasteiger partial charge on any atom is -0.399 e. The molecule has 3 aliphatic rings. The number of nitrogens with one attached hydrogen (secondary N) is 1. The summed E-state index contributed by atoms with van der Waals surface area (Å²) in [6.45, 7) is 11.1. The quantitative estimate of drug-likeness (QED) is 0.812. The number of nitrogen functional groups attached to an aromatic ring is 1. The van der Waals surface area contributed by atoms with Gasteiger partial charge in [0.25, 0.3) is 0 Å². The maximum atomic E-state index is 5.79. The van der Waals surface area contributed by atoms with Gasteiger partial charge in [-0.2, -0.15) is 0 Å². The average Bonchev–Trinajstić information content (AvgIpc) is 2.92. The van der Waals surface area contributed by atoms with Crippen LogP contribution in [0.3, 0.4) is 0 Å². The average molecular weight is 342 g/mol. The third-order valence-corrected chi connectivity index (χ3v) is 8.20. The Bertz CT molecular complexity index is 600. The normalized spacial score (nSPS) is 35.3. The molecule has 3 N–H and O–H groups in total. The number of rotatable bonds is 4. The van der Waals surface area contributed by atoms with Crippen molar-refractivity contribution in [3.63, 3.8) is 0 Å². The lowest BCUT2D eigenvalue weighted by Crippen LogP contribution is -2.51. The van der Waals surface area contributed by atoms with Crippen LogP contribution in [0.4, 0.5) is 5.69 Å². The first-order chi connectivity index (χ1) is 11.9. The monoisotopic (exact) mass is 341 g/mol. The number of benzene rings is 1. The molecule has 3 fully saturated rings. The van der Waals surface area contributed by atoms with Crippen LogP contribution < -0.4 is 11.1 Å². The lowest BCUT2D eigenvalue weighted by atomic mass is 9.69. The molecule has 1 aromatic rings. The zero-order valence-electron chi connectivity index (χ0n) is 16.2. The Hall–Kier alpha value is -1.06. The number of nitrogens with zero attached hydrogens (tertiary/aromatic N) is 1. The van der Waals surface area contributed by atoms with Crippen molar-refractivity contribution in [3.05, 3.63) is 29.8 Å². The summed E-state index contributed by atoms with van der Waals surface area (Å²) in [5.41, 5.74) is 9.04. The van der Waals surface area contributed by atoms with E-state index in [-0.39, 0.29) is 0 Å². The van der Waals surface area contributed by atoms with Crippen LogP contribution in [-0.2, 0) is 6.54 Å². The molecule has 0 unspecified atom stereocenters. The van der Waals surface area contributed by atoms with Crippen LogP contribution in [0.1, 0.15) is 58.4 Å². The van der Waals surface area contributed by atoms with Crippen molar-refractivity contribution in [2.24, 2.45) is 16.7 Å². The van der Waals surface area contributed by atoms with Gasteiger partial charge in [-0.1, -0.05) is 32.9 Å². The third kappa shape index (κ3) is 3.00. The van der Waals surface area contributed by atoms with Crippen LogP contribution in [0.2, 0.25) is 0 Å². The van der Waals surface area contributed by atoms with E-state index in [1.807, 2.05) is 12.1 Å². The summed E-state index contributed by atoms with van der Waals surface area (Å²) in [7, 11) is 0. The second-order valence-corrected chi connectivity index (χ2v) is 9.62. The lowest BCUT2D eigenvalue weighted by molar-refractivity contribution is 0.103. The predicted octanol–water partition coefficient (Wildman–Crippen LogP) is 4.04. The minimum absolute atomic E-state index is 0.499. The Morgan fingerprint density at radius 1 is 1.08 bits per heavy atom. The molecule has 0 spiro atoms. The first-order valence-electron chi connectivity index (χ1n) is 10.2. The van der Waals surface area contributed by atoms with Crippen LogP contribution in [-0.4, -0.2) is 30.1 Å². The summed E-state index contributed by atoms with van der Waals surface area (Å²) in [4.78, 5) is 2.59. The summed E-state index contributed by atoms with van der Waals surface area (Å²) in [6.07, 6.45) is 6.83. The Balaban J connectivity index is 1.29. The van der Waals surface area contributed by atoms with Crippen molar-refractivity contribution < 1.29 is 0 Å². The van der Waals surface area contributed by atoms with Crippen molar-refractivity contribution in [2.75, 3.05) is 18.8 Å². The molecule has 2 aliphatic carbocycles. The van der Waals surface area contributed by atoms with E-state index in [1.54, 1.807) is 0 Å². The van der Waals surface area contributed by atoms with Gasteiger partial charge in [-0.3, -0.25) is 4.90 Å². The first-order valence-corrected chi connectivity index (χ1v) is 10.2. The summed E-state index contributed by atoms with van der Waals surface area (Å²) in [6, 6.07) is 9.80. The molecule has 3 heteroatoms. The number of piperidine rings is 1. The largest absolute Gasteiger partial charge is 0.399 e. The SMILES string of the molecule is CC1(C)[C@@H]2CC[C@@]1(C)[C@H](NC1CCN(Cc3ccc(N)cc3)CC1)C2. The van der Waals surface area contributed by atoms with Crippen molar-refractivity contribution in [1.82, 2.24) is 10.2 Å². The fourth-order valence-corrected chi connectivity index (χ4v) is 5.88. The highest BCUT2D eigenvalue weighted by Crippen LogP contribution is 2.65. The van der Waals surface area contributed by atoms with Gasteiger partial charge < -0.3 is 11.1 Å². The van der Waals surface area contributed by atoms with Gasteiger partial charge in [-0.15, -0.1) is 0 Å². The first kappa shape index (κ1) is 17.4. The smallest absolute Gasteiger partial charge is 0.0314 e. The molecule has 0 amide bonds. The fraction of sp³-hybridized carbons (Fsp3) is 0.727. The predicted molar refractivity (Wildman–Crippen MR) is 105 cm³/mol. The highest BCUT2D eigenvalue weighted by atomic mass is 15.1. The number of hydrogen-bond donors (Lipinski definition) is 2. The van der Waals surface area contributed by atoms with E-state index in [0.29, 0.717) is 16.9 Å². The Kier molecular flexibility index (Phi) is 4.36. The standard InChI is InChI=1S/C22H35N3/c1-21(2)17-8-11-22(21,3)20(14-17)24-19-9-12-25(13-10-19)15-16-4-6-18(23)7-5-16/h4-7,17,19-20,24H,8-15,23H2,1-3H3/t17-,20-,22+/m1/s1. The summed E-state index contributed by atoms with van der Waals surface area (Å²) < 4.78 is 0. The molecule has 1 saturated heterocycles. The Morgan fingerprint density at radius 3 is 2.32 bits per heavy atom. The number of hydrogen-bond acceptors (Lipinski definition) is 3. The van der Waals surface area contributed by atoms with Gasteiger partial charge in [0.15, 0.2) is 0 Å². The lowest BCUT2D eigenvalue weighted by Gasteiger charge is -2.42. The van der Waals surface area contributed by atoms with E-state index in [2.05, 4.69) is 43.1 Å². The summed E-state index contributed by atoms with van der Waals surface area (Å²) >= 11 is 0. The number of likely N-dealkylation sites (tertiary alicyclic amines) is 1. The van der Waals surface area contributed by atoms with Gasteiger partial charge in [0.2, 0.25) is 0 Å². The van der Waals surface area contributed by atoms with Crippen LogP contribution in [0.15, 0.2) is 24.3 Å². The molecule has 1 aromatic carbocycles. The molecule has 138 valence electrons. The van der Waals surface area contributed by atoms with Gasteiger partial charge in [0, 0.05) is 24.3 Å². The van der Waals surface area contributed by atoms with Gasteiger partial charge in [-0.05, 0) is 79.6 Å². The molecule has 25 heavy (non-hydrogen) atoms. The zero-order chi connectivity index (χ0) is 17.7. The van der Waals surface area contributed by atoms with Crippen molar-refractivity contribution in [1.29, 1.82) is 0 Å². The van der Waals surface area contributed by atoms with Crippen LogP contribution in [0.5, 0.6) is 0 Å². The highest BCUT2D eigenvalue weighted by Gasteiger charge is 2.61. The van der Waals surface area contributed by atoms with Gasteiger partial charge in [0.1, 0.15) is 0 Å². The van der Waals surface area contributed by atoms with E-state index in [0.717, 1.165) is 24.2 Å². The van der Waals surface area contributed by atoms with Gasteiger partial charge in [0.05, 0.1) is 0 Å². The molecule has 2 bridgehead atoms. The molecule has 4 rings (SSSR count). The van der Waals surface area contributed by atoms with E-state index in [1.165, 1.54) is 50.8 Å². The fourth-order valence-electron chi connectivity index (χ4n) is 5.88. The maximum absolute atomic E-state index is 5.79. The van der Waals surface area contributed by atoms with Crippen molar-refractivity contribution in [3.8, 4) is 0 Å². The van der Waals surface area contributed by atoms with Gasteiger partial charge in [-0.25, -0.2) is 0 Å². The molecular formula is C22H35N3. The van der Waals surface area contributed by atoms with Crippen molar-refractivity contribution >= 4 is 5.69 Å². The highest BCUT2D eigenvalue weighted by molar-refractivity contribution is 5.39. The second-order valence-electron chi connectivity index (χ2n) is 9.62. The molecule has 0 aromatic heterocycles. The second kappa shape index (κ2) is 6.28. The zero-order valence-corrected chi connectivity index (χ0v) is 16.2. The molecule has 2 saturated carbocycles. The van der Waals surface area contributed by atoms with Crippen LogP contribution in [0, 0.1) is 16.7 Å². The van der Waals surface area contributed by atoms with E-state index in [4.69, 9.17) is 5.73 Å². The molecule has 3 nitrogen and oxygen atoms in total. The van der Waals surface area contributed by atoms with E-state index >= 15 is 0 Å². The number of anilines is 1. The maximum Gasteiger partial charge on any atom is 0.0314 e. The van der Waals surface area contributed by atoms with E-state index in [9.17, 15) is 0 Å². The molecule has 1 aliphatic heterocycles. The summed E-state index contributed by atoms with van der Waals surface area (Å²) in [5.74, 6) is 0.931. The molecule has 1 heterocycles. The topological polar surface area (TPSA) is 41.3 Å². The molecule has 3 atom stereocenters. The third-order valence-electron chi connectivity index (χ3n) is 8.20. The van der Waals surface area contributed by atoms with E-state index < -0.39 is 0 Å².